The molecule has 0 unspecified atom stereocenters. The summed E-state index contributed by atoms with van der Waals surface area (Å²) in [5.41, 5.74) is 0.491. The van der Waals surface area contributed by atoms with Gasteiger partial charge in [-0.15, -0.1) is 0 Å². The van der Waals surface area contributed by atoms with Crippen LogP contribution >= 0.6 is 0 Å². The summed E-state index contributed by atoms with van der Waals surface area (Å²) in [6.07, 6.45) is 0.778. The van der Waals surface area contributed by atoms with Crippen molar-refractivity contribution in [2.75, 3.05) is 43.9 Å². The smallest absolute Gasteiger partial charge is 0.336 e. The van der Waals surface area contributed by atoms with Gasteiger partial charge in [-0.3, -0.25) is 9.59 Å². The lowest BCUT2D eigenvalue weighted by Gasteiger charge is -2.36. The Morgan fingerprint density at radius 2 is 1.78 bits per heavy atom. The molecule has 0 atom stereocenters. The Morgan fingerprint density at radius 1 is 1.17 bits per heavy atom. The van der Waals surface area contributed by atoms with Gasteiger partial charge in [0.05, 0.1) is 12.2 Å². The Labute approximate surface area is 134 Å². The molecule has 1 fully saturated rings. The molecule has 1 aromatic carbocycles. The van der Waals surface area contributed by atoms with Crippen molar-refractivity contribution in [2.24, 2.45) is 0 Å². The molecule has 7 nitrogen and oxygen atoms in total. The van der Waals surface area contributed by atoms with E-state index in [-0.39, 0.29) is 18.3 Å². The van der Waals surface area contributed by atoms with E-state index in [0.29, 0.717) is 31.9 Å². The van der Waals surface area contributed by atoms with Gasteiger partial charge < -0.3 is 15.1 Å². The highest BCUT2D eigenvalue weighted by atomic mass is 32.2. The minimum Gasteiger partial charge on any atom is -0.366 e. The zero-order valence-corrected chi connectivity index (χ0v) is 13.5. The lowest BCUT2D eigenvalue weighted by molar-refractivity contribution is -0.130. The summed E-state index contributed by atoms with van der Waals surface area (Å²) in [5, 5.41) is 0.909. The molecule has 0 radical (unpaired) electrons. The summed E-state index contributed by atoms with van der Waals surface area (Å²) in [7, 11) is -3.85. The van der Waals surface area contributed by atoms with E-state index in [4.69, 9.17) is 0 Å². The number of hydrogen-bond donors (Lipinski definition) is 1. The molecule has 1 aliphatic heterocycles. The van der Waals surface area contributed by atoms with E-state index in [0.717, 1.165) is 6.26 Å². The lowest BCUT2D eigenvalue weighted by atomic mass is 10.2. The minimum absolute atomic E-state index is 0.312. The van der Waals surface area contributed by atoms with Gasteiger partial charge >= 0.3 is 5.24 Å². The highest BCUT2D eigenvalue weighted by molar-refractivity contribution is 8.05. The first-order chi connectivity index (χ1) is 10.8. The Morgan fingerprint density at radius 3 is 2.35 bits per heavy atom. The van der Waals surface area contributed by atoms with Gasteiger partial charge in [0.1, 0.15) is 5.82 Å². The van der Waals surface area contributed by atoms with Crippen molar-refractivity contribution in [1.82, 2.24) is 10.2 Å². The standard InChI is InChI=1S/C14H18FN3O4S/c1-23(21,22)14(20)16-10-13(19)18-8-6-17(7-9-18)12-5-3-2-4-11(12)15/h2-5H,6-10H2,1H3,(H,16,20). The van der Waals surface area contributed by atoms with Crippen LogP contribution < -0.4 is 10.2 Å². The zero-order chi connectivity index (χ0) is 17.0. The molecule has 1 aliphatic rings. The number of amides is 2. The van der Waals surface area contributed by atoms with Crippen molar-refractivity contribution < 1.29 is 22.4 Å². The summed E-state index contributed by atoms with van der Waals surface area (Å²) in [4.78, 5) is 26.5. The van der Waals surface area contributed by atoms with Crippen molar-refractivity contribution in [2.45, 2.75) is 0 Å². The van der Waals surface area contributed by atoms with Crippen molar-refractivity contribution in [3.8, 4) is 0 Å². The van der Waals surface area contributed by atoms with Crippen LogP contribution in [0.1, 0.15) is 0 Å². The third-order valence-electron chi connectivity index (χ3n) is 3.55. The molecular weight excluding hydrogens is 325 g/mol. The fourth-order valence-electron chi connectivity index (χ4n) is 2.30. The second-order valence-corrected chi connectivity index (χ2v) is 7.15. The first-order valence-corrected chi connectivity index (χ1v) is 8.93. The van der Waals surface area contributed by atoms with Crippen LogP contribution in [0.5, 0.6) is 0 Å². The third kappa shape index (κ3) is 4.41. The average Bonchev–Trinajstić information content (AvgIpc) is 2.52. The van der Waals surface area contributed by atoms with Crippen LogP contribution in [0.25, 0.3) is 0 Å². The number of sulfone groups is 1. The number of anilines is 1. The van der Waals surface area contributed by atoms with Crippen LogP contribution in [0.2, 0.25) is 0 Å². The number of carbonyl (C=O) groups is 2. The van der Waals surface area contributed by atoms with Crippen LogP contribution in [-0.4, -0.2) is 63.4 Å². The zero-order valence-electron chi connectivity index (χ0n) is 12.7. The van der Waals surface area contributed by atoms with E-state index in [2.05, 4.69) is 5.32 Å². The number of carbonyl (C=O) groups excluding carboxylic acids is 2. The van der Waals surface area contributed by atoms with Crippen LogP contribution in [0, 0.1) is 5.82 Å². The first-order valence-electron chi connectivity index (χ1n) is 7.04. The van der Waals surface area contributed by atoms with Crippen molar-refractivity contribution in [3.05, 3.63) is 30.1 Å². The Kier molecular flexibility index (Phi) is 5.19. The summed E-state index contributed by atoms with van der Waals surface area (Å²) >= 11 is 0. The van der Waals surface area contributed by atoms with E-state index in [1.54, 1.807) is 18.2 Å². The van der Waals surface area contributed by atoms with Gasteiger partial charge in [-0.2, -0.15) is 0 Å². The van der Waals surface area contributed by atoms with E-state index in [1.165, 1.54) is 11.0 Å². The van der Waals surface area contributed by atoms with Gasteiger partial charge in [-0.05, 0) is 12.1 Å². The fourth-order valence-corrected chi connectivity index (χ4v) is 2.63. The van der Waals surface area contributed by atoms with Crippen LogP contribution in [0.4, 0.5) is 14.9 Å². The van der Waals surface area contributed by atoms with Gasteiger partial charge in [-0.25, -0.2) is 12.8 Å². The van der Waals surface area contributed by atoms with E-state index in [1.807, 2.05) is 4.90 Å². The van der Waals surface area contributed by atoms with Gasteiger partial charge in [0.25, 0.3) is 0 Å². The van der Waals surface area contributed by atoms with Crippen molar-refractivity contribution in [3.63, 3.8) is 0 Å². The number of nitrogens with one attached hydrogen (secondary N) is 1. The lowest BCUT2D eigenvalue weighted by Crippen LogP contribution is -2.51. The summed E-state index contributed by atoms with van der Waals surface area (Å²) in [5.74, 6) is -0.678. The number of halogens is 1. The molecule has 1 heterocycles. The highest BCUT2D eigenvalue weighted by Gasteiger charge is 2.24. The Hall–Kier alpha value is -2.16. The molecule has 1 saturated heterocycles. The molecule has 9 heteroatoms. The number of para-hydroxylation sites is 1. The number of hydrogen-bond acceptors (Lipinski definition) is 5. The normalized spacial score (nSPS) is 15.4. The Bertz CT molecular complexity index is 700. The van der Waals surface area contributed by atoms with Gasteiger partial charge in [0.15, 0.2) is 0 Å². The minimum atomic E-state index is -3.85. The quantitative estimate of drug-likeness (QED) is 0.849. The van der Waals surface area contributed by atoms with Crippen LogP contribution in [-0.2, 0) is 14.6 Å². The molecule has 1 N–H and O–H groups in total. The number of piperazine rings is 1. The maximum Gasteiger partial charge on any atom is 0.336 e. The summed E-state index contributed by atoms with van der Waals surface area (Å²) in [6.45, 7) is 1.31. The maximum absolute atomic E-state index is 13.7. The number of benzene rings is 1. The number of rotatable bonds is 3. The molecule has 0 saturated carbocycles. The van der Waals surface area contributed by atoms with E-state index >= 15 is 0 Å². The average molecular weight is 343 g/mol. The highest BCUT2D eigenvalue weighted by Crippen LogP contribution is 2.20. The van der Waals surface area contributed by atoms with Gasteiger partial charge in [0, 0.05) is 32.4 Å². The fraction of sp³-hybridized carbons (Fsp3) is 0.429. The molecule has 126 valence electrons. The molecule has 0 bridgehead atoms. The van der Waals surface area contributed by atoms with Crippen molar-refractivity contribution in [1.29, 1.82) is 0 Å². The topological polar surface area (TPSA) is 86.8 Å². The van der Waals surface area contributed by atoms with Gasteiger partial charge in [-0.1, -0.05) is 12.1 Å². The third-order valence-corrected chi connectivity index (χ3v) is 4.36. The molecular formula is C14H18FN3O4S. The van der Waals surface area contributed by atoms with Crippen molar-refractivity contribution >= 4 is 26.7 Å². The molecule has 23 heavy (non-hydrogen) atoms. The first kappa shape index (κ1) is 17.2. The largest absolute Gasteiger partial charge is 0.366 e. The molecule has 0 aliphatic carbocycles. The Balaban J connectivity index is 1.86. The molecule has 0 aromatic heterocycles. The van der Waals surface area contributed by atoms with Gasteiger partial charge in [0.2, 0.25) is 15.7 Å². The molecule has 0 spiro atoms. The second kappa shape index (κ2) is 6.95. The number of nitrogens with zero attached hydrogens (tertiary/aromatic N) is 2. The molecule has 2 amide bonds. The monoisotopic (exact) mass is 343 g/mol. The van der Waals surface area contributed by atoms with Crippen LogP contribution in [0.15, 0.2) is 24.3 Å². The SMILES string of the molecule is CS(=O)(=O)C(=O)NCC(=O)N1CCN(c2ccccc2F)CC1. The van der Waals surface area contributed by atoms with E-state index in [9.17, 15) is 22.4 Å². The summed E-state index contributed by atoms with van der Waals surface area (Å²) in [6, 6.07) is 6.42. The molecule has 2 rings (SSSR count). The second-order valence-electron chi connectivity index (χ2n) is 5.23. The predicted octanol–water partition coefficient (Wildman–Crippen LogP) is 0.229. The van der Waals surface area contributed by atoms with E-state index < -0.39 is 15.1 Å². The molecule has 1 aromatic rings. The summed E-state index contributed by atoms with van der Waals surface area (Å²) < 4.78 is 35.7. The van der Waals surface area contributed by atoms with Crippen LogP contribution in [0.3, 0.4) is 0 Å². The maximum atomic E-state index is 13.7. The predicted molar refractivity (Wildman–Crippen MR) is 83.4 cm³/mol.